The van der Waals surface area contributed by atoms with Crippen LogP contribution in [0, 0.1) is 10.1 Å². The highest BCUT2D eigenvalue weighted by Gasteiger charge is 2.39. The van der Waals surface area contributed by atoms with E-state index >= 15 is 0 Å². The van der Waals surface area contributed by atoms with E-state index in [1.54, 1.807) is 6.92 Å². The predicted octanol–water partition coefficient (Wildman–Crippen LogP) is 1.52. The maximum atomic E-state index is 12.0. The molecule has 0 bridgehead atoms. The van der Waals surface area contributed by atoms with Crippen molar-refractivity contribution < 1.29 is 19.6 Å². The zero-order chi connectivity index (χ0) is 15.6. The molecule has 7 nitrogen and oxygen atoms in total. The molecule has 1 heterocycles. The molecule has 114 valence electrons. The molecule has 0 saturated carbocycles. The Morgan fingerprint density at radius 2 is 2.38 bits per heavy atom. The van der Waals surface area contributed by atoms with Gasteiger partial charge < -0.3 is 15.2 Å². The summed E-state index contributed by atoms with van der Waals surface area (Å²) in [5.41, 5.74) is -1.17. The average Bonchev–Trinajstić information content (AvgIpc) is 2.76. The second-order valence-electron chi connectivity index (χ2n) is 4.97. The first-order valence-corrected chi connectivity index (χ1v) is 6.77. The second-order valence-corrected chi connectivity index (χ2v) is 5.38. The lowest BCUT2D eigenvalue weighted by Gasteiger charge is -2.26. The topological polar surface area (TPSA) is 102 Å². The van der Waals surface area contributed by atoms with Gasteiger partial charge in [-0.1, -0.05) is 11.6 Å². The van der Waals surface area contributed by atoms with E-state index in [2.05, 4.69) is 5.32 Å². The fourth-order valence-electron chi connectivity index (χ4n) is 2.13. The van der Waals surface area contributed by atoms with Gasteiger partial charge in [0.05, 0.1) is 21.6 Å². The van der Waals surface area contributed by atoms with Crippen molar-refractivity contribution in [2.75, 3.05) is 13.2 Å². The van der Waals surface area contributed by atoms with Gasteiger partial charge >= 0.3 is 0 Å². The molecule has 0 aliphatic carbocycles. The number of hydrogen-bond acceptors (Lipinski definition) is 5. The molecule has 8 heteroatoms. The molecule has 1 aliphatic heterocycles. The summed E-state index contributed by atoms with van der Waals surface area (Å²) in [6, 6.07) is 3.61. The highest BCUT2D eigenvalue weighted by molar-refractivity contribution is 6.34. The Labute approximate surface area is 126 Å². The monoisotopic (exact) mass is 314 g/mol. The van der Waals surface area contributed by atoms with Gasteiger partial charge in [-0.05, 0) is 13.0 Å². The summed E-state index contributed by atoms with van der Waals surface area (Å²) < 4.78 is 5.27. The zero-order valence-electron chi connectivity index (χ0n) is 11.3. The molecule has 2 N–H and O–H groups in total. The number of nitrogens with zero attached hydrogens (tertiary/aromatic N) is 1. The van der Waals surface area contributed by atoms with Crippen molar-refractivity contribution >= 4 is 23.2 Å². The minimum absolute atomic E-state index is 0.00981. The number of amides is 1. The summed E-state index contributed by atoms with van der Waals surface area (Å²) in [5.74, 6) is -0.498. The largest absolute Gasteiger partial charge is 0.385 e. The van der Waals surface area contributed by atoms with Crippen molar-refractivity contribution in [3.63, 3.8) is 0 Å². The van der Waals surface area contributed by atoms with Crippen molar-refractivity contribution in [2.45, 2.75) is 25.0 Å². The molecule has 2 unspecified atom stereocenters. The fourth-order valence-corrected chi connectivity index (χ4v) is 2.39. The third-order valence-electron chi connectivity index (χ3n) is 3.62. The summed E-state index contributed by atoms with van der Waals surface area (Å²) in [6.07, 6.45) is 0.0627. The Kier molecular flexibility index (Phi) is 4.46. The molecule has 1 amide bonds. The Bertz CT molecular complexity index is 580. The number of nitro groups is 1. The van der Waals surface area contributed by atoms with Gasteiger partial charge in [0.2, 0.25) is 0 Å². The van der Waals surface area contributed by atoms with E-state index in [0.717, 1.165) is 6.07 Å². The Morgan fingerprint density at radius 1 is 1.67 bits per heavy atom. The molecule has 2 atom stereocenters. The number of hydrogen-bond donors (Lipinski definition) is 2. The van der Waals surface area contributed by atoms with Crippen LogP contribution in [0.5, 0.6) is 0 Å². The first-order valence-electron chi connectivity index (χ1n) is 6.39. The molecule has 1 fully saturated rings. The summed E-state index contributed by atoms with van der Waals surface area (Å²) >= 11 is 5.87. The number of nitrogens with one attached hydrogen (secondary N) is 1. The number of benzene rings is 1. The predicted molar refractivity (Wildman–Crippen MR) is 75.4 cm³/mol. The third kappa shape index (κ3) is 3.31. The van der Waals surface area contributed by atoms with Crippen molar-refractivity contribution in [3.8, 4) is 0 Å². The summed E-state index contributed by atoms with van der Waals surface area (Å²) in [4.78, 5) is 22.1. The number of nitro benzene ring substituents is 1. The van der Waals surface area contributed by atoms with Crippen LogP contribution in [0.3, 0.4) is 0 Å². The van der Waals surface area contributed by atoms with Crippen LogP contribution in [-0.4, -0.2) is 40.8 Å². The maximum absolute atomic E-state index is 12.0. The molecule has 21 heavy (non-hydrogen) atoms. The molecular weight excluding hydrogens is 300 g/mol. The smallest absolute Gasteiger partial charge is 0.270 e. The lowest BCUT2D eigenvalue weighted by Crippen LogP contribution is -2.47. The number of aliphatic hydroxyl groups is 1. The second kappa shape index (κ2) is 5.97. The van der Waals surface area contributed by atoms with Crippen molar-refractivity contribution in [2.24, 2.45) is 0 Å². The standard InChI is InChI=1S/C13H15ClN2O5/c1-8-13(18,4-5-21-8)7-15-12(17)10-3-2-9(16(19)20)6-11(10)14/h2-3,6,8,18H,4-5,7H2,1H3,(H,15,17). The van der Waals surface area contributed by atoms with Gasteiger partial charge in [0, 0.05) is 31.7 Å². The van der Waals surface area contributed by atoms with Crippen LogP contribution in [0.15, 0.2) is 18.2 Å². The van der Waals surface area contributed by atoms with Crippen LogP contribution in [-0.2, 0) is 4.74 Å². The minimum Gasteiger partial charge on any atom is -0.385 e. The van der Waals surface area contributed by atoms with E-state index in [1.165, 1.54) is 12.1 Å². The van der Waals surface area contributed by atoms with Gasteiger partial charge in [0.1, 0.15) is 5.60 Å². The minimum atomic E-state index is -1.11. The molecule has 1 aromatic rings. The van der Waals surface area contributed by atoms with Crippen molar-refractivity contribution in [1.29, 1.82) is 0 Å². The highest BCUT2D eigenvalue weighted by Crippen LogP contribution is 2.26. The molecule has 2 rings (SSSR count). The maximum Gasteiger partial charge on any atom is 0.270 e. The van der Waals surface area contributed by atoms with Crippen LogP contribution in [0.2, 0.25) is 5.02 Å². The number of non-ortho nitro benzene ring substituents is 1. The molecule has 1 aliphatic rings. The number of carbonyl (C=O) groups is 1. The summed E-state index contributed by atoms with van der Waals surface area (Å²) in [5, 5.41) is 23.5. The zero-order valence-corrected chi connectivity index (χ0v) is 12.1. The van der Waals surface area contributed by atoms with Gasteiger partial charge in [-0.2, -0.15) is 0 Å². The summed E-state index contributed by atoms with van der Waals surface area (Å²) in [6.45, 7) is 2.20. The number of halogens is 1. The van der Waals surface area contributed by atoms with Gasteiger partial charge in [0.15, 0.2) is 0 Å². The average molecular weight is 315 g/mol. The SMILES string of the molecule is CC1OCCC1(O)CNC(=O)c1ccc([N+](=O)[O-])cc1Cl. The quantitative estimate of drug-likeness (QED) is 0.648. The molecule has 1 saturated heterocycles. The Morgan fingerprint density at radius 3 is 2.90 bits per heavy atom. The van der Waals surface area contributed by atoms with Gasteiger partial charge in [-0.15, -0.1) is 0 Å². The number of carbonyl (C=O) groups excluding carboxylic acids is 1. The molecular formula is C13H15ClN2O5. The van der Waals surface area contributed by atoms with E-state index < -0.39 is 16.4 Å². The molecule has 0 aromatic heterocycles. The van der Waals surface area contributed by atoms with Crippen LogP contribution >= 0.6 is 11.6 Å². The lowest BCUT2D eigenvalue weighted by molar-refractivity contribution is -0.384. The van der Waals surface area contributed by atoms with Crippen LogP contribution in [0.4, 0.5) is 5.69 Å². The van der Waals surface area contributed by atoms with E-state index in [1.807, 2.05) is 0 Å². The van der Waals surface area contributed by atoms with Crippen LogP contribution < -0.4 is 5.32 Å². The van der Waals surface area contributed by atoms with Crippen molar-refractivity contribution in [3.05, 3.63) is 38.9 Å². The third-order valence-corrected chi connectivity index (χ3v) is 3.94. The Hall–Kier alpha value is -1.70. The Balaban J connectivity index is 2.05. The van der Waals surface area contributed by atoms with Gasteiger partial charge in [-0.25, -0.2) is 0 Å². The number of ether oxygens (including phenoxy) is 1. The molecule has 0 radical (unpaired) electrons. The van der Waals surface area contributed by atoms with E-state index in [-0.39, 0.29) is 28.9 Å². The number of rotatable bonds is 4. The van der Waals surface area contributed by atoms with Crippen molar-refractivity contribution in [1.82, 2.24) is 5.32 Å². The van der Waals surface area contributed by atoms with E-state index in [4.69, 9.17) is 16.3 Å². The van der Waals surface area contributed by atoms with Crippen LogP contribution in [0.25, 0.3) is 0 Å². The summed E-state index contributed by atoms with van der Waals surface area (Å²) in [7, 11) is 0. The van der Waals surface area contributed by atoms with E-state index in [9.17, 15) is 20.0 Å². The normalized spacial score (nSPS) is 24.8. The van der Waals surface area contributed by atoms with E-state index in [0.29, 0.717) is 13.0 Å². The van der Waals surface area contributed by atoms with Gasteiger partial charge in [0.25, 0.3) is 11.6 Å². The first kappa shape index (κ1) is 15.7. The molecule has 1 aromatic carbocycles. The lowest BCUT2D eigenvalue weighted by atomic mass is 9.96. The van der Waals surface area contributed by atoms with Gasteiger partial charge in [-0.3, -0.25) is 14.9 Å². The highest BCUT2D eigenvalue weighted by atomic mass is 35.5. The first-order chi connectivity index (χ1) is 9.83. The molecule has 0 spiro atoms. The fraction of sp³-hybridized carbons (Fsp3) is 0.462. The van der Waals surface area contributed by atoms with Crippen LogP contribution in [0.1, 0.15) is 23.7 Å².